The molecule has 0 aromatic rings. The first-order valence-corrected chi connectivity index (χ1v) is 5.68. The minimum Gasteiger partial charge on any atom is -0.354 e. The van der Waals surface area contributed by atoms with Gasteiger partial charge in [0.05, 0.1) is 11.4 Å². The van der Waals surface area contributed by atoms with Gasteiger partial charge < -0.3 is 5.32 Å². The Hall–Kier alpha value is -1.67. The van der Waals surface area contributed by atoms with Crippen LogP contribution in [-0.4, -0.2) is 0 Å². The third-order valence-electron chi connectivity index (χ3n) is 1.96. The van der Waals surface area contributed by atoms with Gasteiger partial charge in [-0.3, -0.25) is 0 Å². The maximum Gasteiger partial charge on any atom is 0.0526 e. The van der Waals surface area contributed by atoms with Gasteiger partial charge in [-0.05, 0) is 18.2 Å². The van der Waals surface area contributed by atoms with Crippen molar-refractivity contribution >= 4 is 11.8 Å². The minimum atomic E-state index is 0.967. The predicted octanol–water partition coefficient (Wildman–Crippen LogP) is 4.05. The molecule has 0 saturated heterocycles. The average Bonchev–Trinajstić information content (AvgIpc) is 2.31. The van der Waals surface area contributed by atoms with Gasteiger partial charge in [-0.2, -0.15) is 0 Å². The molecule has 0 amide bonds. The lowest BCUT2D eigenvalue weighted by Crippen LogP contribution is -2.17. The maximum absolute atomic E-state index is 3.79. The summed E-state index contributed by atoms with van der Waals surface area (Å²) in [6, 6.07) is 0. The van der Waals surface area contributed by atoms with Gasteiger partial charge in [0, 0.05) is 9.81 Å². The highest BCUT2D eigenvalue weighted by atomic mass is 32.2. The lowest BCUT2D eigenvalue weighted by molar-refractivity contribution is 1.03. The molecule has 1 aliphatic rings. The average molecular weight is 229 g/mol. The minimum absolute atomic E-state index is 0.967. The van der Waals surface area contributed by atoms with Gasteiger partial charge in [0.2, 0.25) is 0 Å². The van der Waals surface area contributed by atoms with Crippen LogP contribution in [0.15, 0.2) is 84.0 Å². The van der Waals surface area contributed by atoms with E-state index in [4.69, 9.17) is 0 Å². The quantitative estimate of drug-likeness (QED) is 0.780. The molecule has 0 spiro atoms. The molecule has 1 nitrogen and oxygen atoms in total. The Kier molecular flexibility index (Phi) is 4.67. The Morgan fingerprint density at radius 2 is 1.62 bits per heavy atom. The molecule has 1 aliphatic heterocycles. The van der Waals surface area contributed by atoms with Gasteiger partial charge >= 0.3 is 0 Å². The molecule has 1 rings (SSSR count). The number of rotatable bonds is 4. The van der Waals surface area contributed by atoms with Gasteiger partial charge in [-0.1, -0.05) is 56.3 Å². The molecule has 82 valence electrons. The molecule has 0 saturated carbocycles. The van der Waals surface area contributed by atoms with Gasteiger partial charge in [0.25, 0.3) is 0 Å². The molecule has 1 N–H and O–H groups in total. The summed E-state index contributed by atoms with van der Waals surface area (Å²) in [7, 11) is 0. The zero-order valence-corrected chi connectivity index (χ0v) is 10.0. The highest BCUT2D eigenvalue weighted by Crippen LogP contribution is 2.37. The molecule has 2 heteroatoms. The number of hydrogen-bond donors (Lipinski definition) is 1. The molecule has 0 radical (unpaired) electrons. The third kappa shape index (κ3) is 2.67. The predicted molar refractivity (Wildman–Crippen MR) is 74.7 cm³/mol. The van der Waals surface area contributed by atoms with E-state index in [1.165, 1.54) is 0 Å². The van der Waals surface area contributed by atoms with Crippen molar-refractivity contribution in [3.8, 4) is 0 Å². The number of thioether (sulfide) groups is 1. The molecule has 0 aromatic heterocycles. The van der Waals surface area contributed by atoms with E-state index in [-0.39, 0.29) is 0 Å². The van der Waals surface area contributed by atoms with Crippen molar-refractivity contribution < 1.29 is 0 Å². The van der Waals surface area contributed by atoms with Crippen molar-refractivity contribution in [2.24, 2.45) is 0 Å². The van der Waals surface area contributed by atoms with Gasteiger partial charge in [0.15, 0.2) is 0 Å². The second kappa shape index (κ2) is 6.03. The number of hydrogen-bond acceptors (Lipinski definition) is 2. The largest absolute Gasteiger partial charge is 0.354 e. The van der Waals surface area contributed by atoms with Crippen molar-refractivity contribution in [1.82, 2.24) is 5.32 Å². The van der Waals surface area contributed by atoms with Crippen molar-refractivity contribution in [2.45, 2.75) is 0 Å². The van der Waals surface area contributed by atoms with Crippen molar-refractivity contribution in [2.75, 3.05) is 0 Å². The lowest BCUT2D eigenvalue weighted by atomic mass is 10.2. The van der Waals surface area contributed by atoms with Crippen LogP contribution in [0.1, 0.15) is 0 Å². The van der Waals surface area contributed by atoms with Crippen LogP contribution in [0, 0.1) is 0 Å². The van der Waals surface area contributed by atoms with Crippen molar-refractivity contribution in [1.29, 1.82) is 0 Å². The van der Waals surface area contributed by atoms with E-state index < -0.39 is 0 Å². The van der Waals surface area contributed by atoms with Gasteiger partial charge in [-0.25, -0.2) is 0 Å². The van der Waals surface area contributed by atoms with Crippen LogP contribution >= 0.6 is 11.8 Å². The fourth-order valence-corrected chi connectivity index (χ4v) is 2.23. The van der Waals surface area contributed by atoms with Crippen LogP contribution in [0.3, 0.4) is 0 Å². The molecule has 0 atom stereocenters. The molecular weight excluding hydrogens is 214 g/mol. The van der Waals surface area contributed by atoms with E-state index in [1.807, 2.05) is 18.2 Å². The Balaban J connectivity index is 3.21. The van der Waals surface area contributed by atoms with E-state index >= 15 is 0 Å². The summed E-state index contributed by atoms with van der Waals surface area (Å²) in [4.78, 5) is 2.15. The molecule has 1 heterocycles. The van der Waals surface area contributed by atoms with Crippen LogP contribution in [0.5, 0.6) is 0 Å². The fraction of sp³-hybridized carbons (Fsp3) is 0. The fourth-order valence-electron chi connectivity index (χ4n) is 1.27. The zero-order chi connectivity index (χ0) is 12.0. The van der Waals surface area contributed by atoms with E-state index in [0.717, 1.165) is 21.2 Å². The molecule has 0 fully saturated rings. The summed E-state index contributed by atoms with van der Waals surface area (Å²) in [5.41, 5.74) is 1.97. The molecule has 0 aromatic carbocycles. The maximum atomic E-state index is 3.79. The molecule has 16 heavy (non-hydrogen) atoms. The van der Waals surface area contributed by atoms with Crippen LogP contribution in [0.25, 0.3) is 0 Å². The Morgan fingerprint density at radius 3 is 2.12 bits per heavy atom. The molecular formula is C14H15NS. The summed E-state index contributed by atoms with van der Waals surface area (Å²) in [6.07, 6.45) is 11.0. The first-order chi connectivity index (χ1) is 7.76. The summed E-state index contributed by atoms with van der Waals surface area (Å²) in [5.74, 6) is 0. The second-order valence-corrected chi connectivity index (χ2v) is 4.08. The Morgan fingerprint density at radius 1 is 0.938 bits per heavy atom. The lowest BCUT2D eigenvalue weighted by Gasteiger charge is -2.22. The van der Waals surface area contributed by atoms with Crippen molar-refractivity contribution in [3.05, 3.63) is 84.0 Å². The summed E-state index contributed by atoms with van der Waals surface area (Å²) < 4.78 is 0. The highest BCUT2D eigenvalue weighted by molar-refractivity contribution is 8.07. The van der Waals surface area contributed by atoms with Gasteiger partial charge in [0.1, 0.15) is 0 Å². The van der Waals surface area contributed by atoms with Gasteiger partial charge in [-0.15, -0.1) is 0 Å². The standard InChI is InChI=1S/C14H15NS/c1-5-9-12-14(10-6-2)16-13(8-4)11(7-3)15-12/h5-10,15H,1-4H2/b12-9+,14-10+. The summed E-state index contributed by atoms with van der Waals surface area (Å²) >= 11 is 1.64. The van der Waals surface area contributed by atoms with E-state index in [9.17, 15) is 0 Å². The molecule has 0 bridgehead atoms. The normalized spacial score (nSPS) is 20.5. The van der Waals surface area contributed by atoms with Crippen LogP contribution < -0.4 is 5.32 Å². The zero-order valence-electron chi connectivity index (χ0n) is 9.20. The van der Waals surface area contributed by atoms with Crippen LogP contribution in [0.4, 0.5) is 0 Å². The molecule has 0 aliphatic carbocycles. The first-order valence-electron chi connectivity index (χ1n) is 4.86. The highest BCUT2D eigenvalue weighted by Gasteiger charge is 2.16. The first kappa shape index (κ1) is 12.4. The van der Waals surface area contributed by atoms with E-state index in [2.05, 4.69) is 31.6 Å². The Bertz CT molecular complexity index is 382. The number of nitrogens with one attached hydrogen (secondary N) is 1. The summed E-state index contributed by atoms with van der Waals surface area (Å²) in [5, 5.41) is 3.28. The van der Waals surface area contributed by atoms with E-state index in [0.29, 0.717) is 0 Å². The van der Waals surface area contributed by atoms with E-state index in [1.54, 1.807) is 30.0 Å². The van der Waals surface area contributed by atoms with Crippen LogP contribution in [0.2, 0.25) is 0 Å². The van der Waals surface area contributed by atoms with Crippen LogP contribution in [-0.2, 0) is 0 Å². The summed E-state index contributed by atoms with van der Waals surface area (Å²) in [6.45, 7) is 15.0. The Labute approximate surface area is 101 Å². The van der Waals surface area contributed by atoms with Crippen molar-refractivity contribution in [3.63, 3.8) is 0 Å². The smallest absolute Gasteiger partial charge is 0.0526 e. The number of allylic oxidation sites excluding steroid dienone is 6. The SMILES string of the molecule is C=C/C=C1/NC(C=C)=C(C=C)S/C1=C/C=C. The third-order valence-corrected chi connectivity index (χ3v) is 3.15. The topological polar surface area (TPSA) is 12.0 Å². The second-order valence-electron chi connectivity index (χ2n) is 3.00. The monoisotopic (exact) mass is 229 g/mol. The molecule has 0 unspecified atom stereocenters.